The molecule has 0 saturated heterocycles. The molecule has 0 saturated carbocycles. The summed E-state index contributed by atoms with van der Waals surface area (Å²) in [5, 5.41) is 3.17. The van der Waals surface area contributed by atoms with Crippen molar-refractivity contribution in [2.45, 2.75) is 19.4 Å². The van der Waals surface area contributed by atoms with Crippen molar-refractivity contribution in [2.24, 2.45) is 5.73 Å². The zero-order valence-corrected chi connectivity index (χ0v) is 10.3. The van der Waals surface area contributed by atoms with Gasteiger partial charge in [-0.05, 0) is 13.3 Å². The smallest absolute Gasteiger partial charge is 0.218 e. The largest absolute Gasteiger partial charge is 0.478 e. The Morgan fingerprint density at radius 3 is 3.00 bits per heavy atom. The third-order valence-electron chi connectivity index (χ3n) is 2.14. The minimum Gasteiger partial charge on any atom is -0.478 e. The van der Waals surface area contributed by atoms with Crippen molar-refractivity contribution in [3.63, 3.8) is 0 Å². The highest BCUT2D eigenvalue weighted by Gasteiger charge is 2.02. The molecular weight excluding hydrogens is 220 g/mol. The van der Waals surface area contributed by atoms with Crippen LogP contribution in [0.5, 0.6) is 5.88 Å². The van der Waals surface area contributed by atoms with Crippen molar-refractivity contribution >= 4 is 5.82 Å². The molecule has 0 aliphatic heterocycles. The molecule has 0 aliphatic carbocycles. The summed E-state index contributed by atoms with van der Waals surface area (Å²) in [7, 11) is 1.64. The van der Waals surface area contributed by atoms with Gasteiger partial charge in [-0.2, -0.15) is 0 Å². The third-order valence-corrected chi connectivity index (χ3v) is 2.14. The van der Waals surface area contributed by atoms with Gasteiger partial charge in [-0.25, -0.2) is 9.97 Å². The van der Waals surface area contributed by atoms with E-state index in [-0.39, 0.29) is 6.04 Å². The van der Waals surface area contributed by atoms with Crippen LogP contribution in [-0.2, 0) is 4.74 Å². The van der Waals surface area contributed by atoms with Crippen molar-refractivity contribution in [3.05, 3.63) is 12.4 Å². The molecule has 1 aromatic heterocycles. The quantitative estimate of drug-likeness (QED) is 0.694. The topological polar surface area (TPSA) is 82.3 Å². The van der Waals surface area contributed by atoms with E-state index in [1.165, 1.54) is 6.33 Å². The van der Waals surface area contributed by atoms with Crippen molar-refractivity contribution in [3.8, 4) is 5.88 Å². The molecule has 0 aromatic carbocycles. The summed E-state index contributed by atoms with van der Waals surface area (Å²) in [4.78, 5) is 8.07. The van der Waals surface area contributed by atoms with E-state index in [9.17, 15) is 0 Å². The van der Waals surface area contributed by atoms with Gasteiger partial charge >= 0.3 is 0 Å². The molecule has 17 heavy (non-hydrogen) atoms. The van der Waals surface area contributed by atoms with Crippen LogP contribution in [0, 0.1) is 0 Å². The third kappa shape index (κ3) is 5.46. The monoisotopic (exact) mass is 240 g/mol. The van der Waals surface area contributed by atoms with Crippen LogP contribution >= 0.6 is 0 Å². The first-order chi connectivity index (χ1) is 8.26. The molecule has 0 fully saturated rings. The summed E-state index contributed by atoms with van der Waals surface area (Å²) < 4.78 is 10.2. The van der Waals surface area contributed by atoms with Crippen molar-refractivity contribution in [1.29, 1.82) is 0 Å². The molecular formula is C11H20N4O2. The Labute approximate surface area is 102 Å². The number of anilines is 1. The molecule has 96 valence electrons. The van der Waals surface area contributed by atoms with E-state index in [0.29, 0.717) is 19.1 Å². The van der Waals surface area contributed by atoms with Gasteiger partial charge in [0.05, 0.1) is 13.2 Å². The number of methoxy groups -OCH3 is 1. The molecule has 3 N–H and O–H groups in total. The molecule has 0 bridgehead atoms. The highest BCUT2D eigenvalue weighted by molar-refractivity contribution is 5.36. The van der Waals surface area contributed by atoms with Gasteiger partial charge in [-0.1, -0.05) is 0 Å². The summed E-state index contributed by atoms with van der Waals surface area (Å²) in [6, 6.07) is 1.81. The van der Waals surface area contributed by atoms with E-state index in [0.717, 1.165) is 18.8 Å². The van der Waals surface area contributed by atoms with Gasteiger partial charge in [-0.15, -0.1) is 0 Å². The second kappa shape index (κ2) is 7.81. The van der Waals surface area contributed by atoms with Crippen molar-refractivity contribution in [1.82, 2.24) is 9.97 Å². The molecule has 1 heterocycles. The summed E-state index contributed by atoms with van der Waals surface area (Å²) in [5.41, 5.74) is 5.80. The first-order valence-electron chi connectivity index (χ1n) is 5.69. The van der Waals surface area contributed by atoms with Gasteiger partial charge in [0, 0.05) is 25.8 Å². The molecule has 6 nitrogen and oxygen atoms in total. The zero-order chi connectivity index (χ0) is 12.5. The summed E-state index contributed by atoms with van der Waals surface area (Å²) in [6.07, 6.45) is 2.30. The standard InChI is InChI=1S/C11H20N4O2/c1-3-17-11-6-10(14-8-15-11)13-5-4-9(12)7-16-2/h6,8-9H,3-5,7,12H2,1-2H3,(H,13,14,15). The van der Waals surface area contributed by atoms with Crippen molar-refractivity contribution < 1.29 is 9.47 Å². The van der Waals surface area contributed by atoms with Crippen LogP contribution in [0.15, 0.2) is 12.4 Å². The number of nitrogens with two attached hydrogens (primary N) is 1. The zero-order valence-electron chi connectivity index (χ0n) is 10.3. The molecule has 1 rings (SSSR count). The highest BCUT2D eigenvalue weighted by atomic mass is 16.5. The molecule has 1 unspecified atom stereocenters. The lowest BCUT2D eigenvalue weighted by atomic mass is 10.2. The second-order valence-electron chi connectivity index (χ2n) is 3.61. The van der Waals surface area contributed by atoms with E-state index in [1.807, 2.05) is 6.92 Å². The minimum absolute atomic E-state index is 0.0423. The maximum atomic E-state index is 5.80. The number of ether oxygens (including phenoxy) is 2. The fourth-order valence-corrected chi connectivity index (χ4v) is 1.35. The van der Waals surface area contributed by atoms with E-state index in [2.05, 4.69) is 15.3 Å². The highest BCUT2D eigenvalue weighted by Crippen LogP contribution is 2.10. The van der Waals surface area contributed by atoms with Crippen LogP contribution in [-0.4, -0.2) is 42.9 Å². The van der Waals surface area contributed by atoms with Gasteiger partial charge in [0.1, 0.15) is 12.1 Å². The average molecular weight is 240 g/mol. The molecule has 0 aliphatic rings. The Morgan fingerprint density at radius 2 is 2.29 bits per heavy atom. The number of hydrogen-bond acceptors (Lipinski definition) is 6. The Bertz CT molecular complexity index is 322. The summed E-state index contributed by atoms with van der Waals surface area (Å²) in [6.45, 7) is 3.82. The number of nitrogens with zero attached hydrogens (tertiary/aromatic N) is 2. The van der Waals surface area contributed by atoms with Crippen LogP contribution in [0.3, 0.4) is 0 Å². The second-order valence-corrected chi connectivity index (χ2v) is 3.61. The fourth-order valence-electron chi connectivity index (χ4n) is 1.35. The first kappa shape index (κ1) is 13.7. The maximum Gasteiger partial charge on any atom is 0.218 e. The van der Waals surface area contributed by atoms with Crippen LogP contribution < -0.4 is 15.8 Å². The number of rotatable bonds is 8. The average Bonchev–Trinajstić information content (AvgIpc) is 2.30. The molecule has 0 radical (unpaired) electrons. The lowest BCUT2D eigenvalue weighted by molar-refractivity contribution is 0.178. The normalized spacial score (nSPS) is 12.2. The predicted molar refractivity (Wildman–Crippen MR) is 66.2 cm³/mol. The van der Waals surface area contributed by atoms with Crippen LogP contribution in [0.1, 0.15) is 13.3 Å². The van der Waals surface area contributed by atoms with Crippen LogP contribution in [0.2, 0.25) is 0 Å². The Hall–Kier alpha value is -1.40. The Kier molecular flexibility index (Phi) is 6.27. The van der Waals surface area contributed by atoms with Gasteiger partial charge < -0.3 is 20.5 Å². The maximum absolute atomic E-state index is 5.80. The van der Waals surface area contributed by atoms with Crippen molar-refractivity contribution in [2.75, 3.05) is 32.2 Å². The SMILES string of the molecule is CCOc1cc(NCCC(N)COC)ncn1. The summed E-state index contributed by atoms with van der Waals surface area (Å²) >= 11 is 0. The van der Waals surface area contributed by atoms with Crippen LogP contribution in [0.25, 0.3) is 0 Å². The lowest BCUT2D eigenvalue weighted by Crippen LogP contribution is -2.28. The van der Waals surface area contributed by atoms with Gasteiger partial charge in [-0.3, -0.25) is 0 Å². The van der Waals surface area contributed by atoms with Gasteiger partial charge in [0.25, 0.3) is 0 Å². The Morgan fingerprint density at radius 1 is 1.47 bits per heavy atom. The number of aromatic nitrogens is 2. The van der Waals surface area contributed by atoms with E-state index >= 15 is 0 Å². The van der Waals surface area contributed by atoms with E-state index < -0.39 is 0 Å². The minimum atomic E-state index is 0.0423. The molecule has 0 amide bonds. The fraction of sp³-hybridized carbons (Fsp3) is 0.636. The van der Waals surface area contributed by atoms with Gasteiger partial charge in [0.2, 0.25) is 5.88 Å². The first-order valence-corrected chi connectivity index (χ1v) is 5.69. The van der Waals surface area contributed by atoms with Gasteiger partial charge in [0.15, 0.2) is 0 Å². The van der Waals surface area contributed by atoms with E-state index in [4.69, 9.17) is 15.2 Å². The molecule has 1 aromatic rings. The van der Waals surface area contributed by atoms with E-state index in [1.54, 1.807) is 13.2 Å². The predicted octanol–water partition coefficient (Wildman–Crippen LogP) is 0.651. The Balaban J connectivity index is 2.33. The lowest BCUT2D eigenvalue weighted by Gasteiger charge is -2.11. The number of hydrogen-bond donors (Lipinski definition) is 2. The van der Waals surface area contributed by atoms with Crippen LogP contribution in [0.4, 0.5) is 5.82 Å². The summed E-state index contributed by atoms with van der Waals surface area (Å²) in [5.74, 6) is 1.32. The molecule has 1 atom stereocenters. The molecule has 6 heteroatoms. The number of nitrogens with one attached hydrogen (secondary N) is 1. The molecule has 0 spiro atoms.